The molecule has 3 aromatic heterocycles. The number of rotatable bonds is 5. The molecule has 0 spiro atoms. The molecule has 0 saturated carbocycles. The number of aryl methyl sites for hydroxylation is 1. The molecule has 0 atom stereocenters. The van der Waals surface area contributed by atoms with Crippen LogP contribution in [0.1, 0.15) is 10.4 Å². The predicted octanol–water partition coefficient (Wildman–Crippen LogP) is 5.12. The topological polar surface area (TPSA) is 94.8 Å². The summed E-state index contributed by atoms with van der Waals surface area (Å²) in [6, 6.07) is 14.4. The largest absolute Gasteiger partial charge is 0.435 e. The van der Waals surface area contributed by atoms with Crippen molar-refractivity contribution in [1.29, 1.82) is 0 Å². The van der Waals surface area contributed by atoms with Crippen LogP contribution in [-0.2, 0) is 7.05 Å². The van der Waals surface area contributed by atoms with E-state index in [1.165, 1.54) is 6.20 Å². The van der Waals surface area contributed by atoms with E-state index in [1.54, 1.807) is 47.5 Å². The molecule has 1 amide bonds. The Morgan fingerprint density at radius 3 is 2.73 bits per heavy atom. The molecular weight excluding hydrogens is 440 g/mol. The first-order valence-electron chi connectivity index (χ1n) is 10.00. The minimum atomic E-state index is -0.308. The first-order chi connectivity index (χ1) is 16.1. The Balaban J connectivity index is 1.34. The third-order valence-corrected chi connectivity index (χ3v) is 5.27. The van der Waals surface area contributed by atoms with Gasteiger partial charge in [0.15, 0.2) is 0 Å². The first kappa shape index (κ1) is 20.6. The number of carbonyl (C=O) groups is 1. The normalized spacial score (nSPS) is 10.8. The van der Waals surface area contributed by atoms with Crippen LogP contribution < -0.4 is 10.1 Å². The van der Waals surface area contributed by atoms with Crippen molar-refractivity contribution in [3.63, 3.8) is 0 Å². The molecule has 0 aliphatic heterocycles. The van der Waals surface area contributed by atoms with E-state index in [-0.39, 0.29) is 5.91 Å². The van der Waals surface area contributed by atoms with Crippen molar-refractivity contribution in [2.45, 2.75) is 0 Å². The van der Waals surface area contributed by atoms with Crippen molar-refractivity contribution in [3.05, 3.63) is 90.1 Å². The zero-order valence-electron chi connectivity index (χ0n) is 17.4. The fourth-order valence-corrected chi connectivity index (χ4v) is 3.56. The zero-order valence-corrected chi connectivity index (χ0v) is 18.2. The molecule has 0 fully saturated rings. The Morgan fingerprint density at radius 1 is 1.03 bits per heavy atom. The van der Waals surface area contributed by atoms with Crippen molar-refractivity contribution in [2.75, 3.05) is 5.32 Å². The van der Waals surface area contributed by atoms with Gasteiger partial charge in [0.2, 0.25) is 5.88 Å². The standard InChI is InChI=1S/C24H17ClN6O2/c1-31-14-18(13-28-31)16-8-17(11-26-10-16)23(32)29-19-6-7-22(21(25)9-19)33-24-20-5-3-2-4-15(20)12-27-30-24/h2-14H,1H3,(H,29,32). The van der Waals surface area contributed by atoms with Crippen molar-refractivity contribution in [2.24, 2.45) is 7.05 Å². The maximum atomic E-state index is 12.8. The number of nitrogens with zero attached hydrogens (tertiary/aromatic N) is 5. The lowest BCUT2D eigenvalue weighted by Crippen LogP contribution is -2.12. The van der Waals surface area contributed by atoms with Crippen molar-refractivity contribution in [1.82, 2.24) is 25.0 Å². The highest BCUT2D eigenvalue weighted by Crippen LogP contribution is 2.33. The summed E-state index contributed by atoms with van der Waals surface area (Å²) in [4.78, 5) is 17.0. The summed E-state index contributed by atoms with van der Waals surface area (Å²) < 4.78 is 7.59. The van der Waals surface area contributed by atoms with Gasteiger partial charge >= 0.3 is 0 Å². The van der Waals surface area contributed by atoms with E-state index in [9.17, 15) is 4.79 Å². The van der Waals surface area contributed by atoms with Gasteiger partial charge in [-0.05, 0) is 30.3 Å². The van der Waals surface area contributed by atoms with E-state index in [2.05, 4.69) is 25.6 Å². The molecule has 0 saturated heterocycles. The summed E-state index contributed by atoms with van der Waals surface area (Å²) in [5.74, 6) is 0.448. The number of pyridine rings is 1. The number of benzene rings is 2. The SMILES string of the molecule is Cn1cc(-c2cncc(C(=O)Nc3ccc(Oc4nncc5ccccc45)c(Cl)c3)c2)cn1. The molecule has 8 nitrogen and oxygen atoms in total. The average Bonchev–Trinajstić information content (AvgIpc) is 3.27. The lowest BCUT2D eigenvalue weighted by molar-refractivity contribution is 0.102. The number of hydrogen-bond acceptors (Lipinski definition) is 6. The number of ether oxygens (including phenoxy) is 1. The van der Waals surface area contributed by atoms with E-state index in [0.717, 1.165) is 21.9 Å². The molecule has 0 aliphatic rings. The number of halogens is 1. The number of fused-ring (bicyclic) bond motifs is 1. The lowest BCUT2D eigenvalue weighted by atomic mass is 10.1. The molecule has 33 heavy (non-hydrogen) atoms. The molecule has 0 bridgehead atoms. The fraction of sp³-hybridized carbons (Fsp3) is 0.0417. The molecule has 1 N–H and O–H groups in total. The monoisotopic (exact) mass is 456 g/mol. The molecule has 0 aliphatic carbocycles. The van der Waals surface area contributed by atoms with Crippen LogP contribution in [0.4, 0.5) is 5.69 Å². The molecule has 5 aromatic rings. The third kappa shape index (κ3) is 4.37. The van der Waals surface area contributed by atoms with Crippen LogP contribution in [-0.4, -0.2) is 30.9 Å². The van der Waals surface area contributed by atoms with Gasteiger partial charge in [0.25, 0.3) is 5.91 Å². The minimum absolute atomic E-state index is 0.308. The van der Waals surface area contributed by atoms with Crippen molar-refractivity contribution in [3.8, 4) is 22.8 Å². The van der Waals surface area contributed by atoms with Crippen LogP contribution in [0.5, 0.6) is 11.6 Å². The summed E-state index contributed by atoms with van der Waals surface area (Å²) in [6.45, 7) is 0. The maximum absolute atomic E-state index is 12.8. The third-order valence-electron chi connectivity index (χ3n) is 4.97. The fourth-order valence-electron chi connectivity index (χ4n) is 3.34. The van der Waals surface area contributed by atoms with Gasteiger partial charge in [0.1, 0.15) is 5.75 Å². The highest BCUT2D eigenvalue weighted by atomic mass is 35.5. The molecule has 162 valence electrons. The van der Waals surface area contributed by atoms with E-state index in [4.69, 9.17) is 16.3 Å². The summed E-state index contributed by atoms with van der Waals surface area (Å²) in [5, 5.41) is 17.1. The van der Waals surface area contributed by atoms with Gasteiger partial charge < -0.3 is 10.1 Å². The van der Waals surface area contributed by atoms with Crippen LogP contribution >= 0.6 is 11.6 Å². The van der Waals surface area contributed by atoms with Gasteiger partial charge in [-0.3, -0.25) is 14.5 Å². The Labute approximate surface area is 193 Å². The number of anilines is 1. The number of amides is 1. The molecule has 0 unspecified atom stereocenters. The molecule has 5 rings (SSSR count). The second kappa shape index (κ2) is 8.68. The summed E-state index contributed by atoms with van der Waals surface area (Å²) >= 11 is 6.42. The van der Waals surface area contributed by atoms with Gasteiger partial charge in [-0.1, -0.05) is 29.8 Å². The summed E-state index contributed by atoms with van der Waals surface area (Å²) in [5.41, 5.74) is 2.61. The Morgan fingerprint density at radius 2 is 1.91 bits per heavy atom. The predicted molar refractivity (Wildman–Crippen MR) is 125 cm³/mol. The number of hydrogen-bond donors (Lipinski definition) is 1. The van der Waals surface area contributed by atoms with E-state index < -0.39 is 0 Å². The van der Waals surface area contributed by atoms with E-state index in [0.29, 0.717) is 27.9 Å². The molecule has 0 radical (unpaired) electrons. The van der Waals surface area contributed by atoms with Crippen LogP contribution in [0.25, 0.3) is 21.9 Å². The van der Waals surface area contributed by atoms with Gasteiger partial charge in [0, 0.05) is 53.2 Å². The maximum Gasteiger partial charge on any atom is 0.257 e. The van der Waals surface area contributed by atoms with Crippen molar-refractivity contribution >= 4 is 34.0 Å². The van der Waals surface area contributed by atoms with E-state index in [1.807, 2.05) is 37.5 Å². The summed E-state index contributed by atoms with van der Waals surface area (Å²) in [7, 11) is 1.83. The number of aromatic nitrogens is 5. The number of carbonyl (C=O) groups excluding carboxylic acids is 1. The highest BCUT2D eigenvalue weighted by Gasteiger charge is 2.13. The first-order valence-corrected chi connectivity index (χ1v) is 10.4. The van der Waals surface area contributed by atoms with Gasteiger partial charge in [0.05, 0.1) is 23.0 Å². The minimum Gasteiger partial charge on any atom is -0.435 e. The second-order valence-corrected chi connectivity index (χ2v) is 7.71. The quantitative estimate of drug-likeness (QED) is 0.394. The van der Waals surface area contributed by atoms with Gasteiger partial charge in [-0.2, -0.15) is 10.2 Å². The highest BCUT2D eigenvalue weighted by molar-refractivity contribution is 6.32. The molecule has 2 aromatic carbocycles. The zero-order chi connectivity index (χ0) is 22.8. The van der Waals surface area contributed by atoms with Gasteiger partial charge in [-0.25, -0.2) is 0 Å². The summed E-state index contributed by atoms with van der Waals surface area (Å²) in [6.07, 6.45) is 8.44. The van der Waals surface area contributed by atoms with Gasteiger partial charge in [-0.15, -0.1) is 5.10 Å². The van der Waals surface area contributed by atoms with E-state index >= 15 is 0 Å². The second-order valence-electron chi connectivity index (χ2n) is 7.30. The number of nitrogens with one attached hydrogen (secondary N) is 1. The van der Waals surface area contributed by atoms with Crippen molar-refractivity contribution < 1.29 is 9.53 Å². The van der Waals surface area contributed by atoms with Crippen LogP contribution in [0.3, 0.4) is 0 Å². The Kier molecular flexibility index (Phi) is 5.42. The molecule has 9 heteroatoms. The Bertz CT molecular complexity index is 1480. The van der Waals surface area contributed by atoms with Crippen LogP contribution in [0.2, 0.25) is 5.02 Å². The smallest absolute Gasteiger partial charge is 0.257 e. The molecule has 3 heterocycles. The Hall–Kier alpha value is -4.30. The molecular formula is C24H17ClN6O2. The van der Waals surface area contributed by atoms with Crippen LogP contribution in [0, 0.1) is 0 Å². The van der Waals surface area contributed by atoms with Crippen LogP contribution in [0.15, 0.2) is 79.5 Å². The lowest BCUT2D eigenvalue weighted by Gasteiger charge is -2.11. The average molecular weight is 457 g/mol.